The lowest BCUT2D eigenvalue weighted by molar-refractivity contribution is 0.0949. The molecule has 0 spiro atoms. The molecule has 1 heterocycles. The molecule has 1 aromatic heterocycles. The Morgan fingerprint density at radius 3 is 2.88 bits per heavy atom. The lowest BCUT2D eigenvalue weighted by atomic mass is 9.95. The van der Waals surface area contributed by atoms with Crippen LogP contribution in [0.5, 0.6) is 5.75 Å². The van der Waals surface area contributed by atoms with E-state index in [0.717, 1.165) is 29.3 Å². The maximum Gasteiger partial charge on any atom is 0.251 e. The summed E-state index contributed by atoms with van der Waals surface area (Å²) in [5.41, 5.74) is 2.45. The van der Waals surface area contributed by atoms with Gasteiger partial charge < -0.3 is 15.0 Å². The Bertz CT molecular complexity index is 944. The highest BCUT2D eigenvalue weighted by Gasteiger charge is 2.45. The molecule has 1 amide bonds. The lowest BCUT2D eigenvalue weighted by Crippen LogP contribution is -2.32. The first-order chi connectivity index (χ1) is 12.1. The molecule has 2 N–H and O–H groups in total. The van der Waals surface area contributed by atoms with Crippen molar-refractivity contribution in [3.8, 4) is 5.75 Å². The molecule has 1 saturated carbocycles. The molecule has 1 aliphatic rings. The first kappa shape index (κ1) is 15.7. The van der Waals surface area contributed by atoms with E-state index in [2.05, 4.69) is 10.3 Å². The number of methoxy groups -OCH3 is 1. The first-order valence-electron chi connectivity index (χ1n) is 8.31. The molecule has 0 aliphatic heterocycles. The quantitative estimate of drug-likeness (QED) is 0.744. The Balaban J connectivity index is 1.53. The summed E-state index contributed by atoms with van der Waals surface area (Å²) in [4.78, 5) is 15.6. The number of amides is 1. The normalized spacial score (nSPS) is 15.1. The molecule has 0 unspecified atom stereocenters. The number of halogens is 1. The molecule has 0 radical (unpaired) electrons. The Kier molecular flexibility index (Phi) is 3.71. The van der Waals surface area contributed by atoms with Crippen LogP contribution in [0.1, 0.15) is 28.8 Å². The summed E-state index contributed by atoms with van der Waals surface area (Å²) in [6.07, 6.45) is 3.90. The number of benzene rings is 2. The van der Waals surface area contributed by atoms with Crippen LogP contribution in [0, 0.1) is 5.82 Å². The van der Waals surface area contributed by atoms with Crippen molar-refractivity contribution in [3.63, 3.8) is 0 Å². The third-order valence-corrected chi connectivity index (χ3v) is 4.99. The number of carbonyl (C=O) groups is 1. The van der Waals surface area contributed by atoms with E-state index in [1.165, 1.54) is 6.07 Å². The van der Waals surface area contributed by atoms with Crippen molar-refractivity contribution in [3.05, 3.63) is 65.6 Å². The SMILES string of the molecule is COc1cccc(C(=O)NCC2(c3c[nH]c4ccc(F)cc34)CC2)c1. The summed E-state index contributed by atoms with van der Waals surface area (Å²) in [7, 11) is 1.58. The molecule has 1 aliphatic carbocycles. The van der Waals surface area contributed by atoms with Gasteiger partial charge in [0, 0.05) is 34.6 Å². The van der Waals surface area contributed by atoms with Gasteiger partial charge in [0.05, 0.1) is 7.11 Å². The van der Waals surface area contributed by atoms with Gasteiger partial charge in [-0.1, -0.05) is 6.07 Å². The molecule has 4 rings (SSSR count). The van der Waals surface area contributed by atoms with E-state index in [-0.39, 0.29) is 17.1 Å². The fourth-order valence-electron chi connectivity index (χ4n) is 3.34. The predicted molar refractivity (Wildman–Crippen MR) is 94.5 cm³/mol. The number of hydrogen-bond donors (Lipinski definition) is 2. The van der Waals surface area contributed by atoms with Crippen LogP contribution in [0.3, 0.4) is 0 Å². The zero-order chi connectivity index (χ0) is 17.4. The summed E-state index contributed by atoms with van der Waals surface area (Å²) in [6.45, 7) is 0.534. The van der Waals surface area contributed by atoms with Crippen LogP contribution in [0.25, 0.3) is 10.9 Å². The second kappa shape index (κ2) is 5.92. The van der Waals surface area contributed by atoms with Crippen LogP contribution in [0.4, 0.5) is 4.39 Å². The van der Waals surface area contributed by atoms with Gasteiger partial charge in [-0.25, -0.2) is 4.39 Å². The molecule has 3 aromatic rings. The highest BCUT2D eigenvalue weighted by atomic mass is 19.1. The number of fused-ring (bicyclic) bond motifs is 1. The summed E-state index contributed by atoms with van der Waals surface area (Å²) < 4.78 is 18.8. The van der Waals surface area contributed by atoms with Crippen molar-refractivity contribution < 1.29 is 13.9 Å². The van der Waals surface area contributed by atoms with Crippen LogP contribution in [0.2, 0.25) is 0 Å². The Hall–Kier alpha value is -2.82. The van der Waals surface area contributed by atoms with E-state index >= 15 is 0 Å². The number of ether oxygens (including phenoxy) is 1. The molecule has 25 heavy (non-hydrogen) atoms. The minimum atomic E-state index is -0.246. The van der Waals surface area contributed by atoms with E-state index in [4.69, 9.17) is 4.74 Å². The van der Waals surface area contributed by atoms with Crippen molar-refractivity contribution in [1.29, 1.82) is 0 Å². The van der Waals surface area contributed by atoms with Crippen molar-refractivity contribution in [2.45, 2.75) is 18.3 Å². The second-order valence-corrected chi connectivity index (χ2v) is 6.59. The minimum Gasteiger partial charge on any atom is -0.497 e. The standard InChI is InChI=1S/C20H19FN2O2/c1-25-15-4-2-3-13(9-15)19(24)23-12-20(7-8-20)17-11-22-18-6-5-14(21)10-16(17)18/h2-6,9-11,22H,7-8,12H2,1H3,(H,23,24). The number of aromatic amines is 1. The van der Waals surface area contributed by atoms with E-state index in [0.29, 0.717) is 17.9 Å². The maximum absolute atomic E-state index is 13.6. The molecular formula is C20H19FN2O2. The summed E-state index contributed by atoms with van der Waals surface area (Å²) >= 11 is 0. The Morgan fingerprint density at radius 1 is 1.28 bits per heavy atom. The number of nitrogens with one attached hydrogen (secondary N) is 2. The van der Waals surface area contributed by atoms with E-state index < -0.39 is 0 Å². The molecule has 1 fully saturated rings. The zero-order valence-corrected chi connectivity index (χ0v) is 13.9. The van der Waals surface area contributed by atoms with E-state index in [1.54, 1.807) is 43.5 Å². The molecular weight excluding hydrogens is 319 g/mol. The van der Waals surface area contributed by atoms with Crippen LogP contribution in [-0.2, 0) is 5.41 Å². The monoisotopic (exact) mass is 338 g/mol. The van der Waals surface area contributed by atoms with Gasteiger partial charge in [0.1, 0.15) is 11.6 Å². The van der Waals surface area contributed by atoms with Gasteiger partial charge in [-0.2, -0.15) is 0 Å². The number of hydrogen-bond acceptors (Lipinski definition) is 2. The van der Waals surface area contributed by atoms with E-state index in [9.17, 15) is 9.18 Å². The number of aromatic nitrogens is 1. The predicted octanol–water partition coefficient (Wildman–Crippen LogP) is 3.78. The van der Waals surface area contributed by atoms with Gasteiger partial charge >= 0.3 is 0 Å². The zero-order valence-electron chi connectivity index (χ0n) is 13.9. The van der Waals surface area contributed by atoms with Gasteiger partial charge in [-0.15, -0.1) is 0 Å². The first-order valence-corrected chi connectivity index (χ1v) is 8.31. The molecule has 0 saturated heterocycles. The van der Waals surface area contributed by atoms with Crippen molar-refractivity contribution in [2.24, 2.45) is 0 Å². The van der Waals surface area contributed by atoms with Crippen molar-refractivity contribution >= 4 is 16.8 Å². The smallest absolute Gasteiger partial charge is 0.251 e. The fourth-order valence-corrected chi connectivity index (χ4v) is 3.34. The van der Waals surface area contributed by atoms with Gasteiger partial charge in [0.25, 0.3) is 5.91 Å². The highest BCUT2D eigenvalue weighted by molar-refractivity contribution is 5.94. The number of H-pyrrole nitrogens is 1. The lowest BCUT2D eigenvalue weighted by Gasteiger charge is -2.16. The molecule has 128 valence electrons. The van der Waals surface area contributed by atoms with Gasteiger partial charge in [0.2, 0.25) is 0 Å². The van der Waals surface area contributed by atoms with Gasteiger partial charge in [0.15, 0.2) is 0 Å². The van der Waals surface area contributed by atoms with Crippen LogP contribution in [-0.4, -0.2) is 24.5 Å². The summed E-state index contributed by atoms with van der Waals surface area (Å²) in [6, 6.07) is 11.8. The van der Waals surface area contributed by atoms with Crippen LogP contribution in [0.15, 0.2) is 48.7 Å². The van der Waals surface area contributed by atoms with Crippen LogP contribution < -0.4 is 10.1 Å². The molecule has 2 aromatic carbocycles. The third kappa shape index (κ3) is 2.86. The average molecular weight is 338 g/mol. The average Bonchev–Trinajstić information content (AvgIpc) is 3.31. The second-order valence-electron chi connectivity index (χ2n) is 6.59. The summed E-state index contributed by atoms with van der Waals surface area (Å²) in [5, 5.41) is 3.91. The summed E-state index contributed by atoms with van der Waals surface area (Å²) in [5.74, 6) is 0.279. The van der Waals surface area contributed by atoms with E-state index in [1.807, 2.05) is 6.20 Å². The van der Waals surface area contributed by atoms with Gasteiger partial charge in [-0.05, 0) is 54.8 Å². The van der Waals surface area contributed by atoms with Gasteiger partial charge in [-0.3, -0.25) is 4.79 Å². The minimum absolute atomic E-state index is 0.111. The topological polar surface area (TPSA) is 54.1 Å². The Morgan fingerprint density at radius 2 is 2.12 bits per heavy atom. The van der Waals surface area contributed by atoms with Crippen molar-refractivity contribution in [2.75, 3.05) is 13.7 Å². The van der Waals surface area contributed by atoms with Crippen molar-refractivity contribution in [1.82, 2.24) is 10.3 Å². The van der Waals surface area contributed by atoms with Crippen LogP contribution >= 0.6 is 0 Å². The molecule has 0 bridgehead atoms. The largest absolute Gasteiger partial charge is 0.497 e. The maximum atomic E-state index is 13.6. The molecule has 4 nitrogen and oxygen atoms in total. The third-order valence-electron chi connectivity index (χ3n) is 4.99. The fraction of sp³-hybridized carbons (Fsp3) is 0.250. The Labute approximate surface area is 145 Å². The number of carbonyl (C=O) groups excluding carboxylic acids is 1. The highest BCUT2D eigenvalue weighted by Crippen LogP contribution is 2.50. The molecule has 5 heteroatoms. The number of rotatable bonds is 5. The molecule has 0 atom stereocenters.